The fourth-order valence-corrected chi connectivity index (χ4v) is 6.79. The summed E-state index contributed by atoms with van der Waals surface area (Å²) in [6.07, 6.45) is 2.29. The molecule has 0 fully saturated rings. The van der Waals surface area contributed by atoms with Crippen molar-refractivity contribution < 1.29 is 0 Å². The Morgan fingerprint density at radius 3 is 1.52 bits per heavy atom. The van der Waals surface area contributed by atoms with Gasteiger partial charge >= 0.3 is 130 Å². The second-order valence-corrected chi connectivity index (χ2v) is 9.90. The molecule has 0 bridgehead atoms. The van der Waals surface area contributed by atoms with Crippen LogP contribution in [0.1, 0.15) is 33.6 Å². The van der Waals surface area contributed by atoms with Crippen molar-refractivity contribution in [1.29, 1.82) is 0 Å². The molecule has 0 aromatic heterocycles. The van der Waals surface area contributed by atoms with E-state index in [-0.39, 0.29) is 5.54 Å². The van der Waals surface area contributed by atoms with Gasteiger partial charge in [0.1, 0.15) is 0 Å². The van der Waals surface area contributed by atoms with Gasteiger partial charge in [-0.1, -0.05) is 0 Å². The Kier molecular flexibility index (Phi) is 5.19. The summed E-state index contributed by atoms with van der Waals surface area (Å²) in [6.45, 7) is 9.34. The Hall–Kier alpha value is -1.17. The summed E-state index contributed by atoms with van der Waals surface area (Å²) in [5, 5.41) is 6.97. The van der Waals surface area contributed by atoms with E-state index in [0.29, 0.717) is 0 Å². The van der Waals surface area contributed by atoms with E-state index in [0.717, 1.165) is 12.8 Å². The average Bonchev–Trinajstić information content (AvgIpc) is 2.56. The van der Waals surface area contributed by atoms with Crippen molar-refractivity contribution in [2.24, 2.45) is 0 Å². The molecule has 0 atom stereocenters. The molecule has 114 valence electrons. The monoisotopic (exact) mass is 301 g/mol. The van der Waals surface area contributed by atoms with Crippen LogP contribution < -0.4 is 15.7 Å². The summed E-state index contributed by atoms with van der Waals surface area (Å²) in [6, 6.07) is 21.9. The summed E-state index contributed by atoms with van der Waals surface area (Å²) in [5.74, 6) is 0. The minimum atomic E-state index is -1.93. The summed E-state index contributed by atoms with van der Waals surface area (Å²) in [7, 11) is -1.93. The maximum atomic E-state index is 4.08. The van der Waals surface area contributed by atoms with Gasteiger partial charge in [0.2, 0.25) is 0 Å². The van der Waals surface area contributed by atoms with Crippen LogP contribution in [0, 0.1) is 0 Å². The van der Waals surface area contributed by atoms with Crippen molar-refractivity contribution in [2.45, 2.75) is 39.2 Å². The van der Waals surface area contributed by atoms with Crippen molar-refractivity contribution in [3.05, 3.63) is 60.7 Å². The molecule has 0 aliphatic rings. The van der Waals surface area contributed by atoms with Gasteiger partial charge in [-0.2, -0.15) is 0 Å². The first kappa shape index (κ1) is 16.2. The van der Waals surface area contributed by atoms with Crippen LogP contribution in [0.4, 0.5) is 0 Å². The van der Waals surface area contributed by atoms with Crippen LogP contribution in [0.2, 0.25) is 0 Å². The predicted octanol–water partition coefficient (Wildman–Crippen LogP) is 4.10. The number of hydrogen-bond donors (Lipinski definition) is 1. The molecule has 1 nitrogen and oxygen atoms in total. The molecular weight excluding hydrogens is 273 g/mol. The quantitative estimate of drug-likeness (QED) is 0.792. The average molecular weight is 301 g/mol. The topological polar surface area (TPSA) is 12.0 Å². The van der Waals surface area contributed by atoms with E-state index in [4.69, 9.17) is 0 Å². The van der Waals surface area contributed by atoms with Gasteiger partial charge in [-0.05, 0) is 0 Å². The summed E-state index contributed by atoms with van der Waals surface area (Å²) in [5.41, 5.74) is 0.187. The Morgan fingerprint density at radius 2 is 1.19 bits per heavy atom. The molecule has 1 N–H and O–H groups in total. The van der Waals surface area contributed by atoms with E-state index < -0.39 is 7.41 Å². The van der Waals surface area contributed by atoms with Crippen molar-refractivity contribution in [2.75, 3.05) is 6.66 Å². The van der Waals surface area contributed by atoms with E-state index in [2.05, 4.69) is 93.2 Å². The zero-order chi connectivity index (χ0) is 15.3. The molecule has 0 spiro atoms. The second-order valence-electron chi connectivity index (χ2n) is 6.25. The van der Waals surface area contributed by atoms with Gasteiger partial charge in [-0.25, -0.2) is 0 Å². The van der Waals surface area contributed by atoms with Gasteiger partial charge in [-0.15, -0.1) is 0 Å². The molecular formula is C19H28NP. The molecule has 2 aromatic carbocycles. The van der Waals surface area contributed by atoms with Gasteiger partial charge in [0.25, 0.3) is 0 Å². The third kappa shape index (κ3) is 3.54. The van der Waals surface area contributed by atoms with E-state index in [1.165, 1.54) is 10.6 Å². The number of rotatable bonds is 6. The van der Waals surface area contributed by atoms with Gasteiger partial charge in [0.15, 0.2) is 0 Å². The Morgan fingerprint density at radius 1 is 0.810 bits per heavy atom. The normalized spacial score (nSPS) is 13.1. The van der Waals surface area contributed by atoms with Gasteiger partial charge in [0.05, 0.1) is 0 Å². The summed E-state index contributed by atoms with van der Waals surface area (Å²) >= 11 is 0. The van der Waals surface area contributed by atoms with Crippen LogP contribution in [0.25, 0.3) is 0 Å². The van der Waals surface area contributed by atoms with Crippen molar-refractivity contribution in [3.8, 4) is 0 Å². The minimum absolute atomic E-state index is 0.187. The fraction of sp³-hybridized carbons (Fsp3) is 0.368. The molecule has 0 saturated carbocycles. The Labute approximate surface area is 130 Å². The van der Waals surface area contributed by atoms with E-state index in [9.17, 15) is 0 Å². The molecule has 2 heteroatoms. The standard InChI is InChI=1S/C19H28NP/c1-5-19(3,6-2)20-21(4,17-13-9-7-10-14-17)18-15-11-8-12-16-18/h7-16,20-21H,5-6H2,1-4H3. The molecule has 0 amide bonds. The fourth-order valence-electron chi connectivity index (χ4n) is 2.88. The van der Waals surface area contributed by atoms with E-state index >= 15 is 0 Å². The zero-order valence-corrected chi connectivity index (χ0v) is 14.7. The first-order valence-electron chi connectivity index (χ1n) is 7.94. The van der Waals surface area contributed by atoms with Crippen molar-refractivity contribution >= 4 is 18.0 Å². The second kappa shape index (κ2) is 6.73. The van der Waals surface area contributed by atoms with Gasteiger partial charge in [-0.3, -0.25) is 0 Å². The van der Waals surface area contributed by atoms with Crippen LogP contribution in [0.15, 0.2) is 60.7 Å². The molecule has 0 aliphatic carbocycles. The van der Waals surface area contributed by atoms with Gasteiger partial charge < -0.3 is 0 Å². The van der Waals surface area contributed by atoms with Crippen LogP contribution >= 0.6 is 7.41 Å². The molecule has 0 saturated heterocycles. The predicted molar refractivity (Wildman–Crippen MR) is 98.5 cm³/mol. The molecule has 21 heavy (non-hydrogen) atoms. The summed E-state index contributed by atoms with van der Waals surface area (Å²) in [4.78, 5) is 0. The van der Waals surface area contributed by atoms with Gasteiger partial charge in [0, 0.05) is 0 Å². The molecule has 0 aliphatic heterocycles. The number of nitrogens with one attached hydrogen (secondary N) is 1. The van der Waals surface area contributed by atoms with Crippen LogP contribution in [-0.2, 0) is 0 Å². The molecule has 0 radical (unpaired) electrons. The van der Waals surface area contributed by atoms with E-state index in [1.807, 2.05) is 0 Å². The first-order chi connectivity index (χ1) is 10.0. The molecule has 0 heterocycles. The Bertz CT molecular complexity index is 507. The van der Waals surface area contributed by atoms with Crippen LogP contribution in [0.3, 0.4) is 0 Å². The molecule has 2 rings (SSSR count). The van der Waals surface area contributed by atoms with Crippen molar-refractivity contribution in [3.63, 3.8) is 0 Å². The third-order valence-corrected chi connectivity index (χ3v) is 8.89. The number of hydrogen-bond acceptors (Lipinski definition) is 1. The van der Waals surface area contributed by atoms with Crippen LogP contribution in [0.5, 0.6) is 0 Å². The SMILES string of the molecule is CCC(C)(CC)N[PH](C)(c1ccccc1)c1ccccc1. The van der Waals surface area contributed by atoms with Crippen LogP contribution in [-0.4, -0.2) is 12.2 Å². The Balaban J connectivity index is 2.50. The maximum absolute atomic E-state index is 4.08. The molecule has 0 unspecified atom stereocenters. The number of benzene rings is 2. The third-order valence-electron chi connectivity index (χ3n) is 4.81. The first-order valence-corrected chi connectivity index (χ1v) is 10.4. The van der Waals surface area contributed by atoms with Crippen molar-refractivity contribution in [1.82, 2.24) is 5.09 Å². The zero-order valence-electron chi connectivity index (χ0n) is 13.7. The molecule has 2 aromatic rings. The van der Waals surface area contributed by atoms with E-state index in [1.54, 1.807) is 0 Å². The summed E-state index contributed by atoms with van der Waals surface area (Å²) < 4.78 is 0.